The molecule has 51 heavy (non-hydrogen) atoms. The van der Waals surface area contributed by atoms with E-state index in [2.05, 4.69) is 39.8 Å². The number of benzene rings is 2. The number of para-hydroxylation sites is 1. The molecule has 10 nitrogen and oxygen atoms in total. The van der Waals surface area contributed by atoms with E-state index in [1.54, 1.807) is 6.20 Å². The second-order valence-electron chi connectivity index (χ2n) is 15.3. The van der Waals surface area contributed by atoms with Gasteiger partial charge in [-0.15, -0.1) is 0 Å². The molecular formula is C40H44N6O4S. The minimum atomic E-state index is -1.09. The molecule has 0 radical (unpaired) electrons. The maximum Gasteiger partial charge on any atom is 0.355 e. The number of amides is 1. The van der Waals surface area contributed by atoms with Crippen LogP contribution in [0.25, 0.3) is 21.3 Å². The van der Waals surface area contributed by atoms with Crippen molar-refractivity contribution < 1.29 is 19.4 Å². The summed E-state index contributed by atoms with van der Waals surface area (Å²) in [4.78, 5) is 37.7. The molecular weight excluding hydrogens is 661 g/mol. The Hall–Kier alpha value is -4.61. The Bertz CT molecular complexity index is 2110. The van der Waals surface area contributed by atoms with E-state index in [1.165, 1.54) is 11.3 Å². The number of carboxylic acid groups (broad SMARTS) is 1. The van der Waals surface area contributed by atoms with Crippen LogP contribution < -0.4 is 10.2 Å². The van der Waals surface area contributed by atoms with Gasteiger partial charge in [-0.05, 0) is 104 Å². The monoisotopic (exact) mass is 704 g/mol. The lowest BCUT2D eigenvalue weighted by Crippen LogP contribution is -2.52. The van der Waals surface area contributed by atoms with Gasteiger partial charge < -0.3 is 14.7 Å². The molecule has 2 aliphatic carbocycles. The molecule has 4 heterocycles. The van der Waals surface area contributed by atoms with Crippen LogP contribution in [0, 0.1) is 24.2 Å². The minimum Gasteiger partial charge on any atom is -0.476 e. The number of hydrogen-bond acceptors (Lipinski definition) is 8. The molecule has 3 aromatic heterocycles. The lowest BCUT2D eigenvalue weighted by Gasteiger charge is -2.55. The molecule has 5 aromatic rings. The predicted octanol–water partition coefficient (Wildman–Crippen LogP) is 8.00. The number of ether oxygens (including phenoxy) is 1. The summed E-state index contributed by atoms with van der Waals surface area (Å²) in [5, 5.41) is 18.8. The van der Waals surface area contributed by atoms with Gasteiger partial charge in [-0.1, -0.05) is 49.4 Å². The third-order valence-electron chi connectivity index (χ3n) is 11.5. The fourth-order valence-electron chi connectivity index (χ4n) is 9.73. The lowest BCUT2D eigenvalue weighted by molar-refractivity contribution is -0.146. The molecule has 0 spiro atoms. The van der Waals surface area contributed by atoms with Gasteiger partial charge in [0.15, 0.2) is 10.8 Å². The van der Waals surface area contributed by atoms with Gasteiger partial charge in [0.2, 0.25) is 0 Å². The summed E-state index contributed by atoms with van der Waals surface area (Å²) in [5.74, 6) is 0.409. The van der Waals surface area contributed by atoms with E-state index in [4.69, 9.17) is 14.8 Å². The highest BCUT2D eigenvalue weighted by Crippen LogP contribution is 2.56. The second kappa shape index (κ2) is 12.9. The number of methoxy groups -OCH3 is 1. The van der Waals surface area contributed by atoms with Crippen molar-refractivity contribution in [3.63, 3.8) is 0 Å². The van der Waals surface area contributed by atoms with Crippen molar-refractivity contribution in [2.24, 2.45) is 17.3 Å². The van der Waals surface area contributed by atoms with Gasteiger partial charge >= 0.3 is 5.97 Å². The number of aromatic carboxylic acids is 1. The van der Waals surface area contributed by atoms with Crippen LogP contribution in [-0.2, 0) is 24.2 Å². The molecule has 264 valence electrons. The van der Waals surface area contributed by atoms with Crippen LogP contribution in [0.1, 0.15) is 83.6 Å². The highest BCUT2D eigenvalue weighted by Gasteiger charge is 2.52. The number of carboxylic acids is 1. The van der Waals surface area contributed by atoms with Crippen molar-refractivity contribution in [3.8, 4) is 11.1 Å². The summed E-state index contributed by atoms with van der Waals surface area (Å²) in [6.07, 6.45) is 8.00. The Balaban J connectivity index is 1.05. The van der Waals surface area contributed by atoms with Crippen LogP contribution in [0.4, 0.5) is 10.9 Å². The van der Waals surface area contributed by atoms with Crippen LogP contribution in [0.5, 0.6) is 0 Å². The average molecular weight is 705 g/mol. The molecule has 2 atom stereocenters. The first-order chi connectivity index (χ1) is 24.5. The normalized spacial score (nSPS) is 24.4. The number of carbonyl (C=O) groups is 2. The summed E-state index contributed by atoms with van der Waals surface area (Å²) in [5.41, 5.74) is 5.73. The van der Waals surface area contributed by atoms with Crippen molar-refractivity contribution in [1.82, 2.24) is 19.7 Å². The summed E-state index contributed by atoms with van der Waals surface area (Å²) >= 11 is 1.44. The average Bonchev–Trinajstić information content (AvgIpc) is 3.68. The molecule has 2 saturated carbocycles. The standard InChI is InChI=1S/C40H44N6O4S/c1-24-16-39(17-25(2)19-40(18-24,22-39)50-4)23-46-26(3)30(20-41-46)28-12-13-34(43-35(28)37(48)49)45-15-14-27-8-7-9-29(31(27)21-45)36(47)44-38-42-32-10-5-6-11-33(32)51-38/h5-13,20,24-25H,14-19,21-23H2,1-4H3,(H,48,49)(H,42,44,47). The molecule has 2 aromatic carbocycles. The maximum atomic E-state index is 13.6. The largest absolute Gasteiger partial charge is 0.476 e. The molecule has 3 aliphatic rings. The van der Waals surface area contributed by atoms with E-state index < -0.39 is 5.97 Å². The smallest absolute Gasteiger partial charge is 0.355 e. The highest BCUT2D eigenvalue weighted by atomic mass is 32.1. The predicted molar refractivity (Wildman–Crippen MR) is 200 cm³/mol. The summed E-state index contributed by atoms with van der Waals surface area (Å²) < 4.78 is 9.29. The quantitative estimate of drug-likeness (QED) is 0.167. The van der Waals surface area contributed by atoms with Crippen molar-refractivity contribution in [3.05, 3.63) is 88.9 Å². The maximum absolute atomic E-state index is 13.6. The van der Waals surface area contributed by atoms with E-state index in [9.17, 15) is 14.7 Å². The Morgan fingerprint density at radius 3 is 2.53 bits per heavy atom. The van der Waals surface area contributed by atoms with E-state index in [0.717, 1.165) is 71.2 Å². The van der Waals surface area contributed by atoms with Gasteiger partial charge in [-0.3, -0.25) is 14.8 Å². The van der Waals surface area contributed by atoms with Crippen LogP contribution in [-0.4, -0.2) is 56.0 Å². The van der Waals surface area contributed by atoms with E-state index in [-0.39, 0.29) is 22.6 Å². The Kier molecular flexibility index (Phi) is 8.46. The molecule has 11 heteroatoms. The summed E-state index contributed by atoms with van der Waals surface area (Å²) in [6.45, 7) is 8.58. The van der Waals surface area contributed by atoms with Gasteiger partial charge in [-0.25, -0.2) is 14.8 Å². The summed E-state index contributed by atoms with van der Waals surface area (Å²) in [7, 11) is 1.87. The molecule has 2 bridgehead atoms. The third-order valence-corrected chi connectivity index (χ3v) is 12.4. The van der Waals surface area contributed by atoms with Gasteiger partial charge in [0.05, 0.1) is 22.0 Å². The fourth-order valence-corrected chi connectivity index (χ4v) is 10.6. The number of anilines is 2. The van der Waals surface area contributed by atoms with E-state index in [0.29, 0.717) is 53.4 Å². The highest BCUT2D eigenvalue weighted by molar-refractivity contribution is 7.22. The Morgan fingerprint density at radius 2 is 1.78 bits per heavy atom. The molecule has 2 N–H and O–H groups in total. The molecule has 0 saturated heterocycles. The van der Waals surface area contributed by atoms with Crippen molar-refractivity contribution in [2.75, 3.05) is 23.9 Å². The molecule has 2 fully saturated rings. The first-order valence-corrected chi connectivity index (χ1v) is 18.7. The Labute approximate surface area is 301 Å². The van der Waals surface area contributed by atoms with Gasteiger partial charge in [0, 0.05) is 49.1 Å². The van der Waals surface area contributed by atoms with Crippen LogP contribution in [0.15, 0.2) is 60.8 Å². The van der Waals surface area contributed by atoms with Gasteiger partial charge in [-0.2, -0.15) is 5.10 Å². The second-order valence-corrected chi connectivity index (χ2v) is 16.3. The fraction of sp³-hybridized carbons (Fsp3) is 0.425. The summed E-state index contributed by atoms with van der Waals surface area (Å²) in [6, 6.07) is 17.4. The number of nitrogens with zero attached hydrogens (tertiary/aromatic N) is 5. The number of nitrogens with one attached hydrogen (secondary N) is 1. The topological polar surface area (TPSA) is 122 Å². The van der Waals surface area contributed by atoms with Crippen LogP contribution in [0.3, 0.4) is 0 Å². The SMILES string of the molecule is COC12CC(C)CC(Cn3ncc(-c4ccc(N5CCc6cccc(C(=O)Nc7nc8ccccc8s7)c6C5)nc4C(=O)O)c3C)(CC(C)C1)C2. The minimum absolute atomic E-state index is 0.00282. The number of rotatable bonds is 8. The number of hydrogen-bond donors (Lipinski definition) is 2. The van der Waals surface area contributed by atoms with Crippen molar-refractivity contribution >= 4 is 44.4 Å². The van der Waals surface area contributed by atoms with Gasteiger partial charge in [0.25, 0.3) is 5.91 Å². The van der Waals surface area contributed by atoms with E-state index in [1.807, 2.05) is 62.6 Å². The number of carbonyl (C=O) groups excluding carboxylic acids is 1. The zero-order chi connectivity index (χ0) is 35.5. The zero-order valence-corrected chi connectivity index (χ0v) is 30.4. The van der Waals surface area contributed by atoms with Gasteiger partial charge in [0.1, 0.15) is 5.82 Å². The first-order valence-electron chi connectivity index (χ1n) is 17.9. The van der Waals surface area contributed by atoms with Crippen LogP contribution >= 0.6 is 11.3 Å². The number of fused-ring (bicyclic) bond motifs is 4. The number of aromatic nitrogens is 4. The Morgan fingerprint density at radius 1 is 1.00 bits per heavy atom. The number of thiazole rings is 1. The third kappa shape index (κ3) is 6.20. The van der Waals surface area contributed by atoms with E-state index >= 15 is 0 Å². The molecule has 2 unspecified atom stereocenters. The molecule has 1 aliphatic heterocycles. The lowest BCUT2D eigenvalue weighted by atomic mass is 9.54. The zero-order valence-electron chi connectivity index (χ0n) is 29.6. The first kappa shape index (κ1) is 33.5. The molecule has 8 rings (SSSR count). The van der Waals surface area contributed by atoms with Crippen molar-refractivity contribution in [1.29, 1.82) is 0 Å². The molecule has 1 amide bonds. The number of pyridine rings is 1. The van der Waals surface area contributed by atoms with Crippen LogP contribution in [0.2, 0.25) is 0 Å². The van der Waals surface area contributed by atoms with Crippen molar-refractivity contribution in [2.45, 2.75) is 78.0 Å².